The molecule has 1 aromatic carbocycles. The van der Waals surface area contributed by atoms with Gasteiger partial charge in [-0.25, -0.2) is 0 Å². The number of ether oxygens (including phenoxy) is 2. The number of carbonyl (C=O) groups excluding carboxylic acids is 3. The summed E-state index contributed by atoms with van der Waals surface area (Å²) in [5.74, 6) is -0.551. The highest BCUT2D eigenvalue weighted by Crippen LogP contribution is 2.42. The number of benzene rings is 1. The van der Waals surface area contributed by atoms with Crippen molar-refractivity contribution in [1.29, 1.82) is 0 Å². The monoisotopic (exact) mass is 428 g/mol. The lowest BCUT2D eigenvalue weighted by Gasteiger charge is -2.42. The molecule has 1 aliphatic carbocycles. The Bertz CT molecular complexity index is 797. The molecule has 4 rings (SSSR count). The van der Waals surface area contributed by atoms with Crippen LogP contribution in [0, 0.1) is 5.92 Å². The molecule has 1 saturated carbocycles. The molecule has 1 aromatic rings. The Morgan fingerprint density at radius 3 is 2.39 bits per heavy atom. The van der Waals surface area contributed by atoms with Gasteiger partial charge in [-0.1, -0.05) is 24.6 Å². The molecule has 3 aliphatic rings. The second-order valence-corrected chi connectivity index (χ2v) is 8.73. The van der Waals surface area contributed by atoms with E-state index in [0.717, 1.165) is 32.1 Å². The number of carbonyl (C=O) groups is 3. The van der Waals surface area contributed by atoms with Crippen LogP contribution in [0.2, 0.25) is 0 Å². The lowest BCUT2D eigenvalue weighted by atomic mass is 9.89. The molecule has 0 bridgehead atoms. The van der Waals surface area contributed by atoms with Gasteiger partial charge in [-0.05, 0) is 57.6 Å². The highest BCUT2D eigenvalue weighted by molar-refractivity contribution is 5.98. The maximum absolute atomic E-state index is 13.5. The molecule has 3 fully saturated rings. The van der Waals surface area contributed by atoms with Gasteiger partial charge in [0.15, 0.2) is 0 Å². The smallest absolute Gasteiger partial charge is 0.309 e. The van der Waals surface area contributed by atoms with Crippen LogP contribution in [-0.2, 0) is 19.1 Å². The average molecular weight is 429 g/mol. The number of likely N-dealkylation sites (tertiary alicyclic amines) is 1. The first-order valence-electron chi connectivity index (χ1n) is 11.5. The lowest BCUT2D eigenvalue weighted by molar-refractivity contribution is -0.151. The summed E-state index contributed by atoms with van der Waals surface area (Å²) in [4.78, 5) is 42.6. The van der Waals surface area contributed by atoms with Crippen LogP contribution in [-0.4, -0.2) is 65.7 Å². The molecule has 7 heteroatoms. The number of amides is 2. The van der Waals surface area contributed by atoms with Gasteiger partial charge in [0.05, 0.1) is 19.1 Å². The van der Waals surface area contributed by atoms with Crippen molar-refractivity contribution < 1.29 is 23.9 Å². The number of piperidine rings is 1. The lowest BCUT2D eigenvalue weighted by Crippen LogP contribution is -2.57. The molecule has 2 aliphatic heterocycles. The maximum atomic E-state index is 13.5. The summed E-state index contributed by atoms with van der Waals surface area (Å²) in [5, 5.41) is 0. The zero-order valence-electron chi connectivity index (χ0n) is 18.3. The fraction of sp³-hybridized carbons (Fsp3) is 0.625. The molecule has 1 unspecified atom stereocenters. The Hall–Kier alpha value is -2.41. The van der Waals surface area contributed by atoms with E-state index >= 15 is 0 Å². The number of rotatable bonds is 4. The van der Waals surface area contributed by atoms with Crippen molar-refractivity contribution in [3.05, 3.63) is 35.9 Å². The van der Waals surface area contributed by atoms with E-state index in [1.54, 1.807) is 28.9 Å². The van der Waals surface area contributed by atoms with Gasteiger partial charge in [-0.3, -0.25) is 19.3 Å². The maximum Gasteiger partial charge on any atom is 0.309 e. The molecular formula is C24H32N2O5. The summed E-state index contributed by atoms with van der Waals surface area (Å²) in [6.45, 7) is 3.40. The van der Waals surface area contributed by atoms with Gasteiger partial charge in [0.2, 0.25) is 5.91 Å². The van der Waals surface area contributed by atoms with Crippen LogP contribution in [0.4, 0.5) is 0 Å². The van der Waals surface area contributed by atoms with Gasteiger partial charge in [-0.15, -0.1) is 0 Å². The summed E-state index contributed by atoms with van der Waals surface area (Å²) >= 11 is 0. The molecular weight excluding hydrogens is 396 g/mol. The Morgan fingerprint density at radius 1 is 1.06 bits per heavy atom. The molecule has 2 heterocycles. The Balaban J connectivity index is 1.52. The van der Waals surface area contributed by atoms with Crippen molar-refractivity contribution in [3.63, 3.8) is 0 Å². The number of hydrogen-bond acceptors (Lipinski definition) is 5. The highest BCUT2D eigenvalue weighted by Gasteiger charge is 2.53. The first-order valence-corrected chi connectivity index (χ1v) is 11.5. The van der Waals surface area contributed by atoms with Gasteiger partial charge >= 0.3 is 5.97 Å². The molecule has 168 valence electrons. The summed E-state index contributed by atoms with van der Waals surface area (Å²) in [7, 11) is 0. The normalized spacial score (nSPS) is 23.7. The van der Waals surface area contributed by atoms with Crippen molar-refractivity contribution in [3.8, 4) is 0 Å². The minimum Gasteiger partial charge on any atom is -0.466 e. The molecule has 0 aromatic heterocycles. The molecule has 7 nitrogen and oxygen atoms in total. The van der Waals surface area contributed by atoms with Crippen molar-refractivity contribution in [1.82, 2.24) is 9.80 Å². The van der Waals surface area contributed by atoms with Crippen molar-refractivity contribution in [2.24, 2.45) is 5.92 Å². The largest absolute Gasteiger partial charge is 0.466 e. The summed E-state index contributed by atoms with van der Waals surface area (Å²) in [5.41, 5.74) is -0.105. The molecule has 0 radical (unpaired) electrons. The number of nitrogens with zero attached hydrogens (tertiary/aromatic N) is 2. The second kappa shape index (κ2) is 9.39. The third-order valence-corrected chi connectivity index (χ3v) is 6.85. The fourth-order valence-electron chi connectivity index (χ4n) is 5.19. The molecule has 31 heavy (non-hydrogen) atoms. The predicted molar refractivity (Wildman–Crippen MR) is 114 cm³/mol. The number of esters is 1. The first-order chi connectivity index (χ1) is 15.1. The molecule has 2 saturated heterocycles. The van der Waals surface area contributed by atoms with Crippen LogP contribution in [0.5, 0.6) is 0 Å². The average Bonchev–Trinajstić information content (AvgIpc) is 3.17. The van der Waals surface area contributed by atoms with Gasteiger partial charge in [-0.2, -0.15) is 0 Å². The second-order valence-electron chi connectivity index (χ2n) is 8.73. The SMILES string of the molecule is CCOC(=O)C1CCN(C(=O)C2COC3(CCCCC3)N2C(=O)c2ccccc2)CC1. The van der Waals surface area contributed by atoms with Gasteiger partial charge in [0.1, 0.15) is 11.8 Å². The summed E-state index contributed by atoms with van der Waals surface area (Å²) < 4.78 is 11.4. The van der Waals surface area contributed by atoms with E-state index in [9.17, 15) is 14.4 Å². The minimum atomic E-state index is -0.686. The number of hydrogen-bond donors (Lipinski definition) is 0. The first kappa shape index (κ1) is 21.8. The van der Waals surface area contributed by atoms with Crippen LogP contribution in [0.25, 0.3) is 0 Å². The topological polar surface area (TPSA) is 76.2 Å². The molecule has 2 amide bonds. The predicted octanol–water partition coefficient (Wildman–Crippen LogP) is 2.99. The van der Waals surface area contributed by atoms with Gasteiger partial charge in [0, 0.05) is 18.7 Å². The van der Waals surface area contributed by atoms with Crippen molar-refractivity contribution in [2.75, 3.05) is 26.3 Å². The summed E-state index contributed by atoms with van der Waals surface area (Å²) in [6, 6.07) is 8.53. The van der Waals surface area contributed by atoms with E-state index in [0.29, 0.717) is 38.1 Å². The summed E-state index contributed by atoms with van der Waals surface area (Å²) in [6.07, 6.45) is 5.82. The van der Waals surface area contributed by atoms with Crippen LogP contribution in [0.3, 0.4) is 0 Å². The van der Waals surface area contributed by atoms with Crippen LogP contribution < -0.4 is 0 Å². The zero-order chi connectivity index (χ0) is 21.8. The van der Waals surface area contributed by atoms with E-state index in [2.05, 4.69) is 0 Å². The Labute approximate surface area is 183 Å². The molecule has 1 spiro atoms. The van der Waals surface area contributed by atoms with Gasteiger partial charge in [0.25, 0.3) is 5.91 Å². The molecule has 0 N–H and O–H groups in total. The Morgan fingerprint density at radius 2 is 1.74 bits per heavy atom. The van der Waals surface area contributed by atoms with Crippen LogP contribution >= 0.6 is 0 Å². The van der Waals surface area contributed by atoms with E-state index in [1.165, 1.54) is 0 Å². The minimum absolute atomic E-state index is 0.0750. The van der Waals surface area contributed by atoms with Crippen LogP contribution in [0.1, 0.15) is 62.2 Å². The van der Waals surface area contributed by atoms with E-state index in [4.69, 9.17) is 9.47 Å². The Kier molecular flexibility index (Phi) is 6.60. The third kappa shape index (κ3) is 4.33. The third-order valence-electron chi connectivity index (χ3n) is 6.85. The van der Waals surface area contributed by atoms with Crippen LogP contribution in [0.15, 0.2) is 30.3 Å². The van der Waals surface area contributed by atoms with E-state index in [-0.39, 0.29) is 30.3 Å². The van der Waals surface area contributed by atoms with Crippen molar-refractivity contribution >= 4 is 17.8 Å². The fourth-order valence-corrected chi connectivity index (χ4v) is 5.19. The van der Waals surface area contributed by atoms with Crippen molar-refractivity contribution in [2.45, 2.75) is 63.6 Å². The molecule has 1 atom stereocenters. The standard InChI is InChI=1S/C24H32N2O5/c1-2-30-23(29)19-11-15-25(16-12-19)22(28)20-17-31-24(13-7-4-8-14-24)26(20)21(27)18-9-5-3-6-10-18/h3,5-6,9-10,19-20H,2,4,7-8,11-17H2,1H3. The quantitative estimate of drug-likeness (QED) is 0.689. The van der Waals surface area contributed by atoms with E-state index < -0.39 is 11.8 Å². The van der Waals surface area contributed by atoms with E-state index in [1.807, 2.05) is 18.2 Å². The van der Waals surface area contributed by atoms with Gasteiger partial charge < -0.3 is 14.4 Å². The highest BCUT2D eigenvalue weighted by atomic mass is 16.5. The zero-order valence-corrected chi connectivity index (χ0v) is 18.3.